The molecule has 1 saturated heterocycles. The molecule has 3 rings (SSSR count). The van der Waals surface area contributed by atoms with Gasteiger partial charge >= 0.3 is 0 Å². The summed E-state index contributed by atoms with van der Waals surface area (Å²) in [7, 11) is 0. The van der Waals surface area contributed by atoms with Gasteiger partial charge in [-0.3, -0.25) is 9.59 Å². The van der Waals surface area contributed by atoms with Crippen molar-refractivity contribution in [2.24, 2.45) is 0 Å². The molecule has 1 aliphatic rings. The van der Waals surface area contributed by atoms with Crippen LogP contribution in [0.25, 0.3) is 0 Å². The van der Waals surface area contributed by atoms with Crippen LogP contribution in [0.3, 0.4) is 0 Å². The van der Waals surface area contributed by atoms with E-state index in [-0.39, 0.29) is 11.8 Å². The predicted octanol–water partition coefficient (Wildman–Crippen LogP) is 3.72. The van der Waals surface area contributed by atoms with Crippen molar-refractivity contribution in [2.45, 2.75) is 39.5 Å². The number of hydrogen-bond donors (Lipinski definition) is 0. The first kappa shape index (κ1) is 23.6. The van der Waals surface area contributed by atoms with Crippen LogP contribution in [0.15, 0.2) is 48.5 Å². The second kappa shape index (κ2) is 12.1. The molecule has 0 aromatic heterocycles. The first-order chi connectivity index (χ1) is 15.6. The Balaban J connectivity index is 1.31. The Morgan fingerprint density at radius 3 is 1.31 bits per heavy atom. The minimum absolute atomic E-state index is 0.0705. The van der Waals surface area contributed by atoms with E-state index in [1.54, 1.807) is 0 Å². The number of carbonyl (C=O) groups excluding carboxylic acids is 2. The fourth-order valence-electron chi connectivity index (χ4n) is 3.68. The highest BCUT2D eigenvalue weighted by Crippen LogP contribution is 2.14. The number of carbonyl (C=O) groups is 2. The minimum Gasteiger partial charge on any atom is -0.493 e. The van der Waals surface area contributed by atoms with Crippen LogP contribution >= 0.6 is 0 Å². The van der Waals surface area contributed by atoms with Crippen LogP contribution in [-0.4, -0.2) is 61.0 Å². The van der Waals surface area contributed by atoms with Crippen molar-refractivity contribution in [3.63, 3.8) is 0 Å². The molecule has 1 aliphatic heterocycles. The molecule has 32 heavy (non-hydrogen) atoms. The molecular formula is C26H34N2O4. The van der Waals surface area contributed by atoms with Crippen molar-refractivity contribution >= 4 is 11.8 Å². The van der Waals surface area contributed by atoms with Crippen LogP contribution in [-0.2, 0) is 22.4 Å². The zero-order chi connectivity index (χ0) is 22.8. The van der Waals surface area contributed by atoms with Gasteiger partial charge in [0.25, 0.3) is 0 Å². The number of amides is 2. The normalized spacial score (nSPS) is 13.7. The number of rotatable bonds is 10. The number of benzene rings is 2. The molecule has 0 N–H and O–H groups in total. The molecule has 2 aromatic carbocycles. The monoisotopic (exact) mass is 438 g/mol. The van der Waals surface area contributed by atoms with E-state index in [4.69, 9.17) is 9.47 Å². The molecule has 0 atom stereocenters. The zero-order valence-corrected chi connectivity index (χ0v) is 19.2. The van der Waals surface area contributed by atoms with E-state index >= 15 is 0 Å². The summed E-state index contributed by atoms with van der Waals surface area (Å²) in [4.78, 5) is 28.6. The molecule has 0 spiro atoms. The summed E-state index contributed by atoms with van der Waals surface area (Å²) in [6, 6.07) is 15.9. The lowest BCUT2D eigenvalue weighted by Crippen LogP contribution is -2.51. The third kappa shape index (κ3) is 7.01. The summed E-state index contributed by atoms with van der Waals surface area (Å²) in [5.41, 5.74) is 2.52. The lowest BCUT2D eigenvalue weighted by Gasteiger charge is -2.35. The van der Waals surface area contributed by atoms with Crippen molar-refractivity contribution in [1.82, 2.24) is 9.80 Å². The maximum Gasteiger partial charge on any atom is 0.226 e. The summed E-state index contributed by atoms with van der Waals surface area (Å²) in [6.07, 6.45) is 2.67. The van der Waals surface area contributed by atoms with Crippen LogP contribution < -0.4 is 9.47 Å². The molecular weight excluding hydrogens is 404 g/mol. The smallest absolute Gasteiger partial charge is 0.226 e. The third-order valence-corrected chi connectivity index (χ3v) is 5.82. The molecule has 1 heterocycles. The van der Waals surface area contributed by atoms with Crippen molar-refractivity contribution < 1.29 is 19.1 Å². The lowest BCUT2D eigenvalue weighted by atomic mass is 10.2. The number of aryl methyl sites for hydroxylation is 2. The van der Waals surface area contributed by atoms with Gasteiger partial charge in [-0.25, -0.2) is 0 Å². The summed E-state index contributed by atoms with van der Waals surface area (Å²) in [6.45, 7) is 7.21. The summed E-state index contributed by atoms with van der Waals surface area (Å²) >= 11 is 0. The average Bonchev–Trinajstić information content (AvgIpc) is 2.85. The van der Waals surface area contributed by atoms with Crippen LogP contribution in [0.5, 0.6) is 11.5 Å². The van der Waals surface area contributed by atoms with Gasteiger partial charge in [-0.15, -0.1) is 0 Å². The standard InChI is InChI=1S/C26H34N2O4/c1-3-21-5-9-23(10-6-21)31-19-13-25(29)27-15-17-28(18-16-27)26(30)14-20-32-24-11-7-22(4-2)8-12-24/h5-12H,3-4,13-20H2,1-2H3. The fraction of sp³-hybridized carbons (Fsp3) is 0.462. The predicted molar refractivity (Wildman–Crippen MR) is 125 cm³/mol. The molecule has 6 nitrogen and oxygen atoms in total. The van der Waals surface area contributed by atoms with Crippen molar-refractivity contribution in [3.05, 3.63) is 59.7 Å². The van der Waals surface area contributed by atoms with Crippen molar-refractivity contribution in [2.75, 3.05) is 39.4 Å². The third-order valence-electron chi connectivity index (χ3n) is 5.82. The van der Waals surface area contributed by atoms with Gasteiger partial charge in [0.1, 0.15) is 11.5 Å². The summed E-state index contributed by atoms with van der Waals surface area (Å²) in [5, 5.41) is 0. The van der Waals surface area contributed by atoms with Gasteiger partial charge in [0.05, 0.1) is 26.1 Å². The number of piperazine rings is 1. The Morgan fingerprint density at radius 2 is 1.00 bits per heavy atom. The molecule has 2 aromatic rings. The van der Waals surface area contributed by atoms with Crippen LogP contribution in [0.1, 0.15) is 37.8 Å². The molecule has 0 unspecified atom stereocenters. The summed E-state index contributed by atoms with van der Waals surface area (Å²) in [5.74, 6) is 1.71. The van der Waals surface area contributed by atoms with E-state index in [1.807, 2.05) is 58.3 Å². The Labute approximate surface area is 191 Å². The van der Waals surface area contributed by atoms with E-state index in [1.165, 1.54) is 11.1 Å². The van der Waals surface area contributed by atoms with Gasteiger partial charge in [0, 0.05) is 26.2 Å². The van der Waals surface area contributed by atoms with Gasteiger partial charge < -0.3 is 19.3 Å². The molecule has 172 valence electrons. The summed E-state index contributed by atoms with van der Waals surface area (Å²) < 4.78 is 11.4. The quantitative estimate of drug-likeness (QED) is 0.567. The fourth-order valence-corrected chi connectivity index (χ4v) is 3.68. The molecule has 0 bridgehead atoms. The van der Waals surface area contributed by atoms with Crippen LogP contribution in [0.2, 0.25) is 0 Å². The van der Waals surface area contributed by atoms with Gasteiger partial charge in [-0.1, -0.05) is 38.1 Å². The Bertz CT molecular complexity index is 783. The van der Waals surface area contributed by atoms with Crippen molar-refractivity contribution in [1.29, 1.82) is 0 Å². The maximum absolute atomic E-state index is 12.5. The van der Waals surface area contributed by atoms with E-state index in [0.29, 0.717) is 52.2 Å². The maximum atomic E-state index is 12.5. The zero-order valence-electron chi connectivity index (χ0n) is 19.2. The van der Waals surface area contributed by atoms with Gasteiger partial charge in [-0.05, 0) is 48.2 Å². The Kier molecular flexibility index (Phi) is 8.96. The molecule has 2 amide bonds. The van der Waals surface area contributed by atoms with Crippen LogP contribution in [0.4, 0.5) is 0 Å². The van der Waals surface area contributed by atoms with E-state index in [2.05, 4.69) is 13.8 Å². The van der Waals surface area contributed by atoms with Gasteiger partial charge in [0.2, 0.25) is 11.8 Å². The molecule has 0 aliphatic carbocycles. The minimum atomic E-state index is 0.0705. The number of hydrogen-bond acceptors (Lipinski definition) is 4. The highest BCUT2D eigenvalue weighted by atomic mass is 16.5. The second-order valence-electron chi connectivity index (χ2n) is 7.95. The highest BCUT2D eigenvalue weighted by molar-refractivity contribution is 5.78. The first-order valence-electron chi connectivity index (χ1n) is 11.6. The molecule has 6 heteroatoms. The lowest BCUT2D eigenvalue weighted by molar-refractivity contribution is -0.140. The number of ether oxygens (including phenoxy) is 2. The molecule has 0 radical (unpaired) electrons. The highest BCUT2D eigenvalue weighted by Gasteiger charge is 2.23. The Morgan fingerprint density at radius 1 is 0.656 bits per heavy atom. The van der Waals surface area contributed by atoms with E-state index in [9.17, 15) is 9.59 Å². The first-order valence-corrected chi connectivity index (χ1v) is 11.6. The van der Waals surface area contributed by atoms with Crippen molar-refractivity contribution in [3.8, 4) is 11.5 Å². The molecule has 0 saturated carbocycles. The molecule has 1 fully saturated rings. The van der Waals surface area contributed by atoms with Gasteiger partial charge in [0.15, 0.2) is 0 Å². The number of nitrogens with zero attached hydrogens (tertiary/aromatic N) is 2. The van der Waals surface area contributed by atoms with E-state index in [0.717, 1.165) is 24.3 Å². The topological polar surface area (TPSA) is 59.1 Å². The second-order valence-corrected chi connectivity index (χ2v) is 7.95. The largest absolute Gasteiger partial charge is 0.493 e. The average molecular weight is 439 g/mol. The Hall–Kier alpha value is -3.02. The van der Waals surface area contributed by atoms with E-state index < -0.39 is 0 Å². The SMILES string of the molecule is CCc1ccc(OCCC(=O)N2CCN(C(=O)CCOc3ccc(CC)cc3)CC2)cc1. The van der Waals surface area contributed by atoms with Crippen LogP contribution in [0, 0.1) is 0 Å². The van der Waals surface area contributed by atoms with Gasteiger partial charge in [-0.2, -0.15) is 0 Å².